The van der Waals surface area contributed by atoms with Crippen molar-refractivity contribution in [2.75, 3.05) is 6.61 Å². The van der Waals surface area contributed by atoms with Gasteiger partial charge in [0.2, 0.25) is 5.91 Å². The van der Waals surface area contributed by atoms with Crippen LogP contribution in [0.1, 0.15) is 37.3 Å². The van der Waals surface area contributed by atoms with E-state index < -0.39 is 23.5 Å². The summed E-state index contributed by atoms with van der Waals surface area (Å²) in [5.74, 6) is -3.39. The summed E-state index contributed by atoms with van der Waals surface area (Å²) in [6.45, 7) is 3.29. The van der Waals surface area contributed by atoms with E-state index in [1.54, 1.807) is 38.1 Å². The highest BCUT2D eigenvalue weighted by Gasteiger charge is 2.37. The fraction of sp³-hybridized carbons (Fsp3) is 0.273. The van der Waals surface area contributed by atoms with Gasteiger partial charge in [0.25, 0.3) is 0 Å². The van der Waals surface area contributed by atoms with Gasteiger partial charge in [0.05, 0.1) is 18.7 Å². The van der Waals surface area contributed by atoms with Gasteiger partial charge in [0.15, 0.2) is 11.6 Å². The Hall–Kier alpha value is -2.73. The molecule has 2 aromatic carbocycles. The van der Waals surface area contributed by atoms with E-state index in [1.165, 1.54) is 17.0 Å². The van der Waals surface area contributed by atoms with E-state index in [0.29, 0.717) is 21.9 Å². The predicted octanol–water partition coefficient (Wildman–Crippen LogP) is 4.97. The second kappa shape index (κ2) is 8.74. The van der Waals surface area contributed by atoms with Crippen molar-refractivity contribution >= 4 is 23.5 Å². The minimum absolute atomic E-state index is 0.0111. The van der Waals surface area contributed by atoms with Crippen LogP contribution < -0.4 is 0 Å². The van der Waals surface area contributed by atoms with Crippen LogP contribution in [0.15, 0.2) is 53.7 Å². The molecule has 0 saturated heterocycles. The van der Waals surface area contributed by atoms with Crippen LogP contribution in [-0.4, -0.2) is 23.4 Å². The van der Waals surface area contributed by atoms with Crippen molar-refractivity contribution in [1.82, 2.24) is 4.90 Å². The largest absolute Gasteiger partial charge is 0.463 e. The molecule has 0 aliphatic carbocycles. The molecule has 4 nitrogen and oxygen atoms in total. The number of halogens is 3. The molecule has 152 valence electrons. The van der Waals surface area contributed by atoms with E-state index in [1.807, 2.05) is 0 Å². The number of hydrogen-bond donors (Lipinski definition) is 0. The van der Waals surface area contributed by atoms with Gasteiger partial charge in [-0.2, -0.15) is 0 Å². The maximum atomic E-state index is 14.1. The molecule has 2 aromatic rings. The van der Waals surface area contributed by atoms with Gasteiger partial charge in [-0.3, -0.25) is 4.79 Å². The first kappa shape index (κ1) is 21.0. The summed E-state index contributed by atoms with van der Waals surface area (Å²) in [5.41, 5.74) is 1.41. The number of benzene rings is 2. The van der Waals surface area contributed by atoms with Gasteiger partial charge in [-0.1, -0.05) is 35.9 Å². The molecule has 0 radical (unpaired) electrons. The Balaban J connectivity index is 2.06. The average molecular weight is 420 g/mol. The van der Waals surface area contributed by atoms with Gasteiger partial charge >= 0.3 is 5.97 Å². The van der Waals surface area contributed by atoms with Gasteiger partial charge in [-0.25, -0.2) is 13.6 Å². The van der Waals surface area contributed by atoms with Crippen molar-refractivity contribution in [3.05, 3.63) is 81.5 Å². The molecule has 1 aliphatic rings. The zero-order valence-corrected chi connectivity index (χ0v) is 16.8. The molecule has 0 aromatic heterocycles. The SMILES string of the molecule is CCOC(=O)C1=C(C)N(Cc2cccc(F)c2F)C(=O)CC1c1cccc(Cl)c1. The van der Waals surface area contributed by atoms with Gasteiger partial charge in [0.1, 0.15) is 0 Å². The van der Waals surface area contributed by atoms with Crippen LogP contribution >= 0.6 is 11.6 Å². The Labute approximate surface area is 172 Å². The minimum atomic E-state index is -1.01. The second-order valence-electron chi connectivity index (χ2n) is 6.72. The number of esters is 1. The summed E-state index contributed by atoms with van der Waals surface area (Å²) in [6, 6.07) is 10.7. The molecule has 3 rings (SSSR count). The first-order chi connectivity index (χ1) is 13.8. The third kappa shape index (κ3) is 4.32. The van der Waals surface area contributed by atoms with Crippen molar-refractivity contribution in [2.45, 2.75) is 32.7 Å². The fourth-order valence-electron chi connectivity index (χ4n) is 3.53. The molecule has 1 heterocycles. The highest BCUT2D eigenvalue weighted by Crippen LogP contribution is 2.38. The minimum Gasteiger partial charge on any atom is -0.463 e. The monoisotopic (exact) mass is 419 g/mol. The Kier molecular flexibility index (Phi) is 6.33. The van der Waals surface area contributed by atoms with Crippen molar-refractivity contribution < 1.29 is 23.1 Å². The second-order valence-corrected chi connectivity index (χ2v) is 7.16. The van der Waals surface area contributed by atoms with Crippen molar-refractivity contribution in [3.63, 3.8) is 0 Å². The molecule has 1 aliphatic heterocycles. The average Bonchev–Trinajstić information content (AvgIpc) is 2.68. The molecular formula is C22H20ClF2NO3. The van der Waals surface area contributed by atoms with Gasteiger partial charge in [0, 0.05) is 28.6 Å². The number of hydrogen-bond acceptors (Lipinski definition) is 3. The molecule has 7 heteroatoms. The van der Waals surface area contributed by atoms with E-state index >= 15 is 0 Å². The number of rotatable bonds is 5. The fourth-order valence-corrected chi connectivity index (χ4v) is 3.72. The van der Waals surface area contributed by atoms with Gasteiger partial charge in [-0.15, -0.1) is 0 Å². The third-order valence-electron chi connectivity index (χ3n) is 4.93. The lowest BCUT2D eigenvalue weighted by Crippen LogP contribution is -2.38. The van der Waals surface area contributed by atoms with Crippen molar-refractivity contribution in [3.8, 4) is 0 Å². The highest BCUT2D eigenvalue weighted by molar-refractivity contribution is 6.30. The van der Waals surface area contributed by atoms with Crippen LogP contribution in [-0.2, 0) is 20.9 Å². The zero-order chi connectivity index (χ0) is 21.1. The quantitative estimate of drug-likeness (QED) is 0.643. The summed E-state index contributed by atoms with van der Waals surface area (Å²) < 4.78 is 32.9. The number of nitrogens with zero attached hydrogens (tertiary/aromatic N) is 1. The Bertz CT molecular complexity index is 990. The lowest BCUT2D eigenvalue weighted by molar-refractivity contribution is -0.140. The molecule has 1 unspecified atom stereocenters. The van der Waals surface area contributed by atoms with Gasteiger partial charge < -0.3 is 9.64 Å². The Morgan fingerprint density at radius 3 is 2.66 bits per heavy atom. The molecule has 0 fully saturated rings. The van der Waals surface area contributed by atoms with Crippen LogP contribution in [0, 0.1) is 11.6 Å². The van der Waals surface area contributed by atoms with E-state index in [-0.39, 0.29) is 31.0 Å². The van der Waals surface area contributed by atoms with Crippen LogP contribution in [0.25, 0.3) is 0 Å². The predicted molar refractivity (Wildman–Crippen MR) is 105 cm³/mol. The molecule has 0 N–H and O–H groups in total. The third-order valence-corrected chi connectivity index (χ3v) is 5.16. The Morgan fingerprint density at radius 2 is 1.97 bits per heavy atom. The number of ether oxygens (including phenoxy) is 1. The van der Waals surface area contributed by atoms with E-state index in [4.69, 9.17) is 16.3 Å². The summed E-state index contributed by atoms with van der Waals surface area (Å²) >= 11 is 6.09. The number of allylic oxidation sites excluding steroid dienone is 1. The molecule has 29 heavy (non-hydrogen) atoms. The highest BCUT2D eigenvalue weighted by atomic mass is 35.5. The molecule has 0 bridgehead atoms. The zero-order valence-electron chi connectivity index (χ0n) is 16.0. The molecule has 1 amide bonds. The van der Waals surface area contributed by atoms with Crippen molar-refractivity contribution in [1.29, 1.82) is 0 Å². The standard InChI is InChI=1S/C22H20ClF2NO3/c1-3-29-22(28)20-13(2)26(12-15-7-5-9-18(24)21(15)25)19(27)11-17(20)14-6-4-8-16(23)10-14/h4-10,17H,3,11-12H2,1-2H3. The van der Waals surface area contributed by atoms with Crippen LogP contribution in [0.3, 0.4) is 0 Å². The lowest BCUT2D eigenvalue weighted by Gasteiger charge is -2.34. The van der Waals surface area contributed by atoms with Gasteiger partial charge in [-0.05, 0) is 37.6 Å². The smallest absolute Gasteiger partial charge is 0.336 e. The molecule has 1 atom stereocenters. The normalized spacial score (nSPS) is 16.9. The summed E-state index contributed by atoms with van der Waals surface area (Å²) in [5, 5.41) is 0.486. The first-order valence-corrected chi connectivity index (χ1v) is 9.57. The molecule has 0 spiro atoms. The van der Waals surface area contributed by atoms with Crippen LogP contribution in [0.5, 0.6) is 0 Å². The van der Waals surface area contributed by atoms with E-state index in [0.717, 1.165) is 6.07 Å². The maximum Gasteiger partial charge on any atom is 0.336 e. The van der Waals surface area contributed by atoms with Crippen molar-refractivity contribution in [2.24, 2.45) is 0 Å². The first-order valence-electron chi connectivity index (χ1n) is 9.20. The van der Waals surface area contributed by atoms with E-state index in [2.05, 4.69) is 0 Å². The van der Waals surface area contributed by atoms with E-state index in [9.17, 15) is 18.4 Å². The summed E-state index contributed by atoms with van der Waals surface area (Å²) in [4.78, 5) is 26.9. The molecule has 0 saturated carbocycles. The molecular weight excluding hydrogens is 400 g/mol. The Morgan fingerprint density at radius 1 is 1.24 bits per heavy atom. The maximum absolute atomic E-state index is 14.1. The topological polar surface area (TPSA) is 46.6 Å². The number of carbonyl (C=O) groups is 2. The number of amides is 1. The summed E-state index contributed by atoms with van der Waals surface area (Å²) in [6.07, 6.45) is -0.0111. The van der Waals surface area contributed by atoms with Crippen LogP contribution in [0.2, 0.25) is 5.02 Å². The lowest BCUT2D eigenvalue weighted by atomic mass is 9.83. The summed E-state index contributed by atoms with van der Waals surface area (Å²) in [7, 11) is 0. The number of carbonyl (C=O) groups excluding carboxylic acids is 2. The van der Waals surface area contributed by atoms with Crippen LogP contribution in [0.4, 0.5) is 8.78 Å².